The monoisotopic (exact) mass is 452 g/mol. The summed E-state index contributed by atoms with van der Waals surface area (Å²) in [5, 5.41) is 0. The molecule has 2 aliphatic carbocycles. The predicted molar refractivity (Wildman–Crippen MR) is 119 cm³/mol. The number of rotatable bonds is 0. The minimum atomic E-state index is 0. The van der Waals surface area contributed by atoms with Gasteiger partial charge in [0.2, 0.25) is 0 Å². The summed E-state index contributed by atoms with van der Waals surface area (Å²) in [5.41, 5.74) is 7.25. The van der Waals surface area contributed by atoms with Crippen LogP contribution in [0.15, 0.2) is 48.5 Å². The van der Waals surface area contributed by atoms with Gasteiger partial charge in [-0.1, -0.05) is 76.2 Å². The van der Waals surface area contributed by atoms with Crippen molar-refractivity contribution in [1.82, 2.24) is 0 Å². The molecule has 0 aliphatic heterocycles. The van der Waals surface area contributed by atoms with Crippen LogP contribution in [0.3, 0.4) is 0 Å². The molecule has 0 unspecified atom stereocenters. The Labute approximate surface area is 177 Å². The molecule has 26 heavy (non-hydrogen) atoms. The van der Waals surface area contributed by atoms with Crippen molar-refractivity contribution in [2.24, 2.45) is 0 Å². The van der Waals surface area contributed by atoms with Gasteiger partial charge in [0.25, 0.3) is 0 Å². The Bertz CT molecular complexity index is 758. The number of hydrogen-bond acceptors (Lipinski definition) is 1. The average Bonchev–Trinajstić information content (AvgIpc) is 2.66. The van der Waals surface area contributed by atoms with Crippen LogP contribution in [0.5, 0.6) is 0 Å². The van der Waals surface area contributed by atoms with E-state index in [9.17, 15) is 4.79 Å². The van der Waals surface area contributed by atoms with Crippen molar-refractivity contribution in [3.63, 3.8) is 0 Å². The first-order chi connectivity index (χ1) is 12.3. The van der Waals surface area contributed by atoms with Gasteiger partial charge in [0, 0.05) is 12.0 Å². The SMILES string of the molecule is CC.CC.O=C1Cc2ccccc2C2=C1c1ccccc1CCCC2.[InH3]. The number of hydrogen-bond donors (Lipinski definition) is 0. The third-order valence-corrected chi connectivity index (χ3v) is 4.68. The van der Waals surface area contributed by atoms with E-state index in [0.29, 0.717) is 6.42 Å². The first-order valence-electron chi connectivity index (χ1n) is 9.77. The number of fused-ring (bicyclic) bond motifs is 4. The summed E-state index contributed by atoms with van der Waals surface area (Å²) in [6.07, 6.45) is 5.01. The summed E-state index contributed by atoms with van der Waals surface area (Å²) in [5.74, 6) is 0.290. The molecule has 0 heterocycles. The number of allylic oxidation sites excluding steroid dienone is 2. The second kappa shape index (κ2) is 11.4. The van der Waals surface area contributed by atoms with E-state index in [2.05, 4.69) is 42.5 Å². The van der Waals surface area contributed by atoms with Gasteiger partial charge in [-0.3, -0.25) is 4.79 Å². The Morgan fingerprint density at radius 2 is 1.23 bits per heavy atom. The van der Waals surface area contributed by atoms with Gasteiger partial charge in [-0.15, -0.1) is 0 Å². The van der Waals surface area contributed by atoms with E-state index < -0.39 is 0 Å². The van der Waals surface area contributed by atoms with Crippen LogP contribution < -0.4 is 0 Å². The van der Waals surface area contributed by atoms with Crippen LogP contribution in [-0.2, 0) is 17.6 Å². The summed E-state index contributed by atoms with van der Waals surface area (Å²) < 4.78 is 0. The molecule has 0 bridgehead atoms. The molecule has 0 radical (unpaired) electrons. The molecule has 0 aromatic heterocycles. The molecular weight excluding hydrogens is 419 g/mol. The van der Waals surface area contributed by atoms with Crippen molar-refractivity contribution < 1.29 is 4.79 Å². The summed E-state index contributed by atoms with van der Waals surface area (Å²) in [7, 11) is 0. The normalized spacial score (nSPS) is 14.5. The molecule has 0 saturated heterocycles. The van der Waals surface area contributed by atoms with Crippen molar-refractivity contribution in [1.29, 1.82) is 0 Å². The van der Waals surface area contributed by atoms with Crippen molar-refractivity contribution >= 4 is 42.8 Å². The van der Waals surface area contributed by atoms with Gasteiger partial charge in [-0.25, -0.2) is 0 Å². The second-order valence-corrected chi connectivity index (χ2v) is 5.97. The second-order valence-electron chi connectivity index (χ2n) is 5.97. The van der Waals surface area contributed by atoms with Crippen LogP contribution in [0.1, 0.15) is 69.2 Å². The zero-order valence-electron chi connectivity index (χ0n) is 16.1. The molecule has 0 N–H and O–H groups in total. The molecule has 0 amide bonds. The van der Waals surface area contributed by atoms with E-state index in [0.717, 1.165) is 24.8 Å². The first-order valence-corrected chi connectivity index (χ1v) is 9.77. The van der Waals surface area contributed by atoms with Crippen LogP contribution in [0, 0.1) is 0 Å². The third kappa shape index (κ3) is 4.71. The fourth-order valence-electron chi connectivity index (χ4n) is 3.71. The van der Waals surface area contributed by atoms with Crippen LogP contribution in [0.2, 0.25) is 0 Å². The van der Waals surface area contributed by atoms with Gasteiger partial charge in [-0.2, -0.15) is 0 Å². The number of ketones is 1. The van der Waals surface area contributed by atoms with Crippen molar-refractivity contribution in [3.8, 4) is 0 Å². The number of carbonyl (C=O) groups excluding carboxylic acids is 1. The predicted octanol–water partition coefficient (Wildman–Crippen LogP) is 5.32. The van der Waals surface area contributed by atoms with E-state index in [1.807, 2.05) is 33.8 Å². The zero-order valence-corrected chi connectivity index (χ0v) is 16.1. The van der Waals surface area contributed by atoms with Crippen molar-refractivity contribution in [3.05, 3.63) is 70.8 Å². The number of benzene rings is 2. The summed E-state index contributed by atoms with van der Waals surface area (Å²) in [6.45, 7) is 8.00. The molecular formula is C24H33InO. The molecule has 2 aromatic carbocycles. The van der Waals surface area contributed by atoms with Crippen LogP contribution in [-0.4, -0.2) is 31.6 Å². The Morgan fingerprint density at radius 1 is 0.692 bits per heavy atom. The Hall–Kier alpha value is -1.28. The van der Waals surface area contributed by atoms with Gasteiger partial charge < -0.3 is 0 Å². The molecule has 0 fully saturated rings. The molecule has 2 aliphatic rings. The first kappa shape index (κ1) is 22.8. The maximum atomic E-state index is 12.8. The number of aryl methyl sites for hydroxylation is 1. The van der Waals surface area contributed by atoms with Crippen LogP contribution >= 0.6 is 0 Å². The summed E-state index contributed by atoms with van der Waals surface area (Å²) >= 11 is 0. The van der Waals surface area contributed by atoms with Gasteiger partial charge in [0.15, 0.2) is 5.78 Å². The van der Waals surface area contributed by atoms with Gasteiger partial charge >= 0.3 is 25.8 Å². The molecule has 138 valence electrons. The van der Waals surface area contributed by atoms with E-state index in [1.54, 1.807) is 0 Å². The maximum absolute atomic E-state index is 12.8. The summed E-state index contributed by atoms with van der Waals surface area (Å²) in [4.78, 5) is 12.8. The van der Waals surface area contributed by atoms with E-state index in [4.69, 9.17) is 0 Å². The van der Waals surface area contributed by atoms with E-state index in [-0.39, 0.29) is 31.6 Å². The Kier molecular flexibility index (Phi) is 10.0. The molecule has 2 heteroatoms. The number of Topliss-reactive ketones (excluding diaryl/α,β-unsaturated/α-hetero) is 1. The molecule has 0 spiro atoms. The molecule has 1 nitrogen and oxygen atoms in total. The van der Waals surface area contributed by atoms with Crippen molar-refractivity contribution in [2.45, 2.75) is 59.8 Å². The topological polar surface area (TPSA) is 17.1 Å². The van der Waals surface area contributed by atoms with E-state index in [1.165, 1.54) is 34.2 Å². The van der Waals surface area contributed by atoms with E-state index >= 15 is 0 Å². The van der Waals surface area contributed by atoms with Gasteiger partial charge in [0.05, 0.1) is 0 Å². The molecule has 4 rings (SSSR count). The van der Waals surface area contributed by atoms with Gasteiger partial charge in [0.1, 0.15) is 0 Å². The van der Waals surface area contributed by atoms with Crippen molar-refractivity contribution in [2.75, 3.05) is 0 Å². The standard InChI is InChI=1S/C20H18O.2C2H6.In.3H/c21-19-13-15-9-3-4-10-16(15)18-12-6-2-8-14-7-1-5-11-17(14)20(18)19;2*1-2;;;;/h1,3-5,7,9-11H,2,6,8,12-13H2;2*1-2H3;;;;. The van der Waals surface area contributed by atoms with Crippen LogP contribution in [0.25, 0.3) is 11.1 Å². The molecule has 0 saturated carbocycles. The summed E-state index contributed by atoms with van der Waals surface area (Å²) in [6, 6.07) is 16.9. The Morgan fingerprint density at radius 3 is 1.92 bits per heavy atom. The molecule has 2 aromatic rings. The fourth-order valence-corrected chi connectivity index (χ4v) is 3.71. The fraction of sp³-hybridized carbons (Fsp3) is 0.375. The number of carbonyl (C=O) groups is 1. The average molecular weight is 452 g/mol. The van der Waals surface area contributed by atoms with Crippen LogP contribution in [0.4, 0.5) is 0 Å². The quantitative estimate of drug-likeness (QED) is 0.529. The Balaban J connectivity index is 0.000000635. The molecule has 0 atom stereocenters. The van der Waals surface area contributed by atoms with Gasteiger partial charge in [-0.05, 0) is 53.5 Å². The zero-order chi connectivity index (χ0) is 18.2. The third-order valence-electron chi connectivity index (χ3n) is 4.68. The minimum absolute atomic E-state index is 0.